The second-order valence-corrected chi connectivity index (χ2v) is 5.72. The summed E-state index contributed by atoms with van der Waals surface area (Å²) < 4.78 is 5.81. The lowest BCUT2D eigenvalue weighted by molar-refractivity contribution is -0.130. The molecule has 1 aromatic rings. The molecule has 1 saturated carbocycles. The fourth-order valence-electron chi connectivity index (χ4n) is 3.18. The summed E-state index contributed by atoms with van der Waals surface area (Å²) in [5.41, 5.74) is 2.75. The van der Waals surface area contributed by atoms with Crippen LogP contribution in [0.5, 0.6) is 5.75 Å². The maximum atomic E-state index is 11.8. The normalized spacial score (nSPS) is 27.6. The molecule has 0 saturated heterocycles. The van der Waals surface area contributed by atoms with E-state index in [1.54, 1.807) is 0 Å². The third kappa shape index (κ3) is 2.11. The summed E-state index contributed by atoms with van der Waals surface area (Å²) in [6.45, 7) is 4.03. The van der Waals surface area contributed by atoms with Crippen molar-refractivity contribution >= 4 is 5.91 Å². The highest BCUT2D eigenvalue weighted by atomic mass is 16.5. The van der Waals surface area contributed by atoms with Crippen molar-refractivity contribution in [1.29, 1.82) is 0 Å². The van der Waals surface area contributed by atoms with E-state index in [1.165, 1.54) is 11.1 Å². The quantitative estimate of drug-likeness (QED) is 0.835. The van der Waals surface area contributed by atoms with Gasteiger partial charge < -0.3 is 9.64 Å². The Balaban J connectivity index is 1.80. The van der Waals surface area contributed by atoms with E-state index in [0.29, 0.717) is 18.4 Å². The van der Waals surface area contributed by atoms with Gasteiger partial charge >= 0.3 is 0 Å². The Kier molecular flexibility index (Phi) is 3.00. The molecule has 3 atom stereocenters. The van der Waals surface area contributed by atoms with Crippen LogP contribution in [0.15, 0.2) is 18.2 Å². The molecule has 1 aromatic carbocycles. The zero-order valence-electron chi connectivity index (χ0n) is 11.8. The summed E-state index contributed by atoms with van der Waals surface area (Å²) in [5, 5.41) is 0. The molecule has 3 heteroatoms. The van der Waals surface area contributed by atoms with E-state index in [2.05, 4.69) is 25.1 Å². The van der Waals surface area contributed by atoms with E-state index in [0.717, 1.165) is 18.6 Å². The van der Waals surface area contributed by atoms with Crippen LogP contribution in [0.1, 0.15) is 43.7 Å². The lowest BCUT2D eigenvalue weighted by Crippen LogP contribution is -2.28. The van der Waals surface area contributed by atoms with Crippen LogP contribution in [0.2, 0.25) is 0 Å². The fourth-order valence-corrected chi connectivity index (χ4v) is 3.18. The Labute approximate surface area is 114 Å². The first kappa shape index (κ1) is 12.5. The van der Waals surface area contributed by atoms with Gasteiger partial charge in [-0.3, -0.25) is 4.79 Å². The number of hydrogen-bond acceptors (Lipinski definition) is 2. The number of rotatable bonds is 3. The van der Waals surface area contributed by atoms with Crippen LogP contribution in [0.4, 0.5) is 0 Å². The lowest BCUT2D eigenvalue weighted by Gasteiger charge is -2.17. The molecule has 1 aliphatic carbocycles. The standard InChI is InChI=1S/C16H21NO2/c1-4-16(18)17(3)14-9-12(14)11-6-5-7-15-13(11)8-10(2)19-15/h5-7,10,12,14H,4,8-9H2,1-3H3. The number of benzene rings is 1. The van der Waals surface area contributed by atoms with Gasteiger partial charge in [-0.2, -0.15) is 0 Å². The zero-order valence-corrected chi connectivity index (χ0v) is 11.8. The average molecular weight is 259 g/mol. The van der Waals surface area contributed by atoms with Crippen LogP contribution in [0, 0.1) is 0 Å². The first-order valence-corrected chi connectivity index (χ1v) is 7.16. The number of likely N-dealkylation sites (N-methyl/N-ethyl adjacent to an activating group) is 1. The minimum absolute atomic E-state index is 0.240. The van der Waals surface area contributed by atoms with Crippen molar-refractivity contribution in [2.75, 3.05) is 7.05 Å². The number of carbonyl (C=O) groups excluding carboxylic acids is 1. The largest absolute Gasteiger partial charge is 0.490 e. The van der Waals surface area contributed by atoms with E-state index >= 15 is 0 Å². The van der Waals surface area contributed by atoms with Crippen molar-refractivity contribution in [1.82, 2.24) is 4.90 Å². The molecular weight excluding hydrogens is 238 g/mol. The predicted molar refractivity (Wildman–Crippen MR) is 74.4 cm³/mol. The van der Waals surface area contributed by atoms with Crippen LogP contribution < -0.4 is 4.74 Å². The first-order valence-electron chi connectivity index (χ1n) is 7.16. The van der Waals surface area contributed by atoms with E-state index in [9.17, 15) is 4.79 Å². The van der Waals surface area contributed by atoms with Crippen molar-refractivity contribution in [3.8, 4) is 5.75 Å². The van der Waals surface area contributed by atoms with Gasteiger partial charge in [-0.25, -0.2) is 0 Å². The van der Waals surface area contributed by atoms with E-state index in [4.69, 9.17) is 4.74 Å². The number of amides is 1. The van der Waals surface area contributed by atoms with E-state index < -0.39 is 0 Å². The third-order valence-corrected chi connectivity index (χ3v) is 4.34. The Morgan fingerprint density at radius 3 is 3.00 bits per heavy atom. The highest BCUT2D eigenvalue weighted by Gasteiger charge is 2.44. The van der Waals surface area contributed by atoms with Crippen LogP contribution in [0.3, 0.4) is 0 Å². The molecule has 19 heavy (non-hydrogen) atoms. The molecule has 0 N–H and O–H groups in total. The van der Waals surface area contributed by atoms with Crippen molar-refractivity contribution in [2.45, 2.75) is 51.2 Å². The van der Waals surface area contributed by atoms with Crippen molar-refractivity contribution in [3.63, 3.8) is 0 Å². The Bertz CT molecular complexity index is 511. The maximum absolute atomic E-state index is 11.8. The van der Waals surface area contributed by atoms with Crippen LogP contribution in [0.25, 0.3) is 0 Å². The molecule has 1 amide bonds. The highest BCUT2D eigenvalue weighted by molar-refractivity contribution is 5.76. The molecule has 3 unspecified atom stereocenters. The number of fused-ring (bicyclic) bond motifs is 1. The summed E-state index contributed by atoms with van der Waals surface area (Å²) in [7, 11) is 1.93. The number of carbonyl (C=O) groups is 1. The summed E-state index contributed by atoms with van der Waals surface area (Å²) in [6, 6.07) is 6.72. The minimum atomic E-state index is 0.240. The summed E-state index contributed by atoms with van der Waals surface area (Å²) in [6.07, 6.45) is 2.96. The molecular formula is C16H21NO2. The van der Waals surface area contributed by atoms with Gasteiger partial charge in [-0.05, 0) is 25.0 Å². The summed E-state index contributed by atoms with van der Waals surface area (Å²) >= 11 is 0. The van der Waals surface area contributed by atoms with Crippen molar-refractivity contribution < 1.29 is 9.53 Å². The van der Waals surface area contributed by atoms with Crippen LogP contribution in [-0.4, -0.2) is 30.0 Å². The monoisotopic (exact) mass is 259 g/mol. The van der Waals surface area contributed by atoms with Gasteiger partial charge in [0.15, 0.2) is 0 Å². The van der Waals surface area contributed by atoms with E-state index in [-0.39, 0.29) is 12.0 Å². The van der Waals surface area contributed by atoms with Crippen LogP contribution >= 0.6 is 0 Å². The average Bonchev–Trinajstić information content (AvgIpc) is 3.10. The Morgan fingerprint density at radius 1 is 1.47 bits per heavy atom. The fraction of sp³-hybridized carbons (Fsp3) is 0.562. The van der Waals surface area contributed by atoms with Gasteiger partial charge in [-0.15, -0.1) is 0 Å². The predicted octanol–water partition coefficient (Wildman–Crippen LogP) is 2.73. The van der Waals surface area contributed by atoms with Crippen molar-refractivity contribution in [2.24, 2.45) is 0 Å². The molecule has 0 aromatic heterocycles. The Morgan fingerprint density at radius 2 is 2.26 bits per heavy atom. The molecule has 0 spiro atoms. The van der Waals surface area contributed by atoms with Gasteiger partial charge in [0.25, 0.3) is 0 Å². The first-order chi connectivity index (χ1) is 9.11. The van der Waals surface area contributed by atoms with Gasteiger partial charge in [0.05, 0.1) is 0 Å². The molecule has 1 heterocycles. The van der Waals surface area contributed by atoms with Gasteiger partial charge in [-0.1, -0.05) is 19.1 Å². The zero-order chi connectivity index (χ0) is 13.6. The highest BCUT2D eigenvalue weighted by Crippen LogP contribution is 2.48. The molecule has 0 bridgehead atoms. The molecule has 1 fully saturated rings. The topological polar surface area (TPSA) is 29.5 Å². The third-order valence-electron chi connectivity index (χ3n) is 4.34. The Hall–Kier alpha value is -1.51. The maximum Gasteiger partial charge on any atom is 0.222 e. The molecule has 2 aliphatic rings. The smallest absolute Gasteiger partial charge is 0.222 e. The summed E-state index contributed by atoms with van der Waals surface area (Å²) in [5.74, 6) is 1.79. The number of ether oxygens (including phenoxy) is 1. The summed E-state index contributed by atoms with van der Waals surface area (Å²) in [4.78, 5) is 13.7. The second kappa shape index (κ2) is 4.55. The molecule has 3 nitrogen and oxygen atoms in total. The van der Waals surface area contributed by atoms with Gasteiger partial charge in [0, 0.05) is 37.4 Å². The second-order valence-electron chi connectivity index (χ2n) is 5.72. The van der Waals surface area contributed by atoms with Gasteiger partial charge in [0.1, 0.15) is 11.9 Å². The number of hydrogen-bond donors (Lipinski definition) is 0. The molecule has 3 rings (SSSR count). The lowest BCUT2D eigenvalue weighted by atomic mass is 9.99. The number of nitrogens with zero attached hydrogens (tertiary/aromatic N) is 1. The minimum Gasteiger partial charge on any atom is -0.490 e. The molecule has 1 aliphatic heterocycles. The van der Waals surface area contributed by atoms with Gasteiger partial charge in [0.2, 0.25) is 5.91 Å². The van der Waals surface area contributed by atoms with E-state index in [1.807, 2.05) is 18.9 Å². The van der Waals surface area contributed by atoms with Crippen molar-refractivity contribution in [3.05, 3.63) is 29.3 Å². The molecule has 0 radical (unpaired) electrons. The SMILES string of the molecule is CCC(=O)N(C)C1CC1c1cccc2c1CC(C)O2. The van der Waals surface area contributed by atoms with Crippen LogP contribution in [-0.2, 0) is 11.2 Å². The molecule has 102 valence electrons.